The van der Waals surface area contributed by atoms with Crippen molar-refractivity contribution < 1.29 is 15.0 Å². The first-order valence-corrected chi connectivity index (χ1v) is 8.71. The number of halogens is 7. The van der Waals surface area contributed by atoms with Crippen LogP contribution in [0, 0.1) is 0 Å². The van der Waals surface area contributed by atoms with Gasteiger partial charge in [-0.05, 0) is 12.1 Å². The number of aliphatic hydroxyl groups is 1. The molecule has 0 aromatic heterocycles. The molecule has 0 aliphatic carbocycles. The number of para-hydroxylation sites is 1. The molecule has 0 aliphatic rings. The third-order valence-electron chi connectivity index (χ3n) is 2.16. The molecule has 0 bridgehead atoms. The molecule has 22 heavy (non-hydrogen) atoms. The summed E-state index contributed by atoms with van der Waals surface area (Å²) in [6, 6.07) is 8.74. The number of alkyl halides is 7. The molecule has 0 spiro atoms. The van der Waals surface area contributed by atoms with Gasteiger partial charge in [0.25, 0.3) is 0 Å². The lowest BCUT2D eigenvalue weighted by Crippen LogP contribution is -2.55. The molecule has 0 heterocycles. The summed E-state index contributed by atoms with van der Waals surface area (Å²) >= 11 is 35.4. The summed E-state index contributed by atoms with van der Waals surface area (Å²) in [4.78, 5) is 10.1. The molecule has 1 aromatic rings. The van der Waals surface area contributed by atoms with Gasteiger partial charge >= 0.3 is 6.09 Å². The zero-order chi connectivity index (χ0) is 17.6. The Morgan fingerprint density at radius 2 is 1.45 bits per heavy atom. The summed E-state index contributed by atoms with van der Waals surface area (Å²) in [6.07, 6.45) is -1.04. The quantitative estimate of drug-likeness (QED) is 0.465. The first-order chi connectivity index (χ1) is 9.85. The fourth-order valence-corrected chi connectivity index (χ4v) is 4.45. The summed E-state index contributed by atoms with van der Waals surface area (Å²) in [5.74, 6) is 0. The Kier molecular flexibility index (Phi) is 9.51. The van der Waals surface area contributed by atoms with Crippen molar-refractivity contribution in [2.45, 2.75) is 13.2 Å². The van der Waals surface area contributed by atoms with Crippen molar-refractivity contribution in [3.63, 3.8) is 0 Å². The van der Waals surface area contributed by atoms with Crippen LogP contribution in [0.3, 0.4) is 0 Å². The third-order valence-corrected chi connectivity index (χ3v) is 4.84. The molecule has 1 amide bonds. The monoisotopic (exact) mass is 493 g/mol. The molecule has 1 aromatic carbocycles. The molecule has 1 rings (SSSR count). The van der Waals surface area contributed by atoms with Crippen LogP contribution in [0.5, 0.6) is 0 Å². The van der Waals surface area contributed by atoms with E-state index in [4.69, 9.17) is 74.7 Å². The Hall–Kier alpha value is 0.670. The molecule has 11 heteroatoms. The fraction of sp³-hybridized carbons (Fsp3) is 0.364. The molecule has 0 atom stereocenters. The minimum Gasteiger partial charge on any atom is -0.465 e. The molecule has 0 aliphatic heterocycles. The van der Waals surface area contributed by atoms with Crippen molar-refractivity contribution in [2.75, 3.05) is 10.6 Å². The maximum atomic E-state index is 10.1. The summed E-state index contributed by atoms with van der Waals surface area (Å²) < 4.78 is -4.16. The highest BCUT2D eigenvalue weighted by Crippen LogP contribution is 2.52. The minimum atomic E-state index is -2.08. The van der Waals surface area contributed by atoms with Crippen LogP contribution >= 0.6 is 85.5 Å². The highest BCUT2D eigenvalue weighted by molar-refractivity contribution is 9.09. The van der Waals surface area contributed by atoms with Crippen LogP contribution in [0.15, 0.2) is 30.3 Å². The number of anilines is 1. The van der Waals surface area contributed by atoms with Gasteiger partial charge in [0.15, 0.2) is 5.60 Å². The van der Waals surface area contributed by atoms with Crippen molar-refractivity contribution in [3.8, 4) is 0 Å². The summed E-state index contributed by atoms with van der Waals surface area (Å²) in [7, 11) is 0. The standard InChI is InChI=1S/C7H7NO2.C4H3BrCl6O/c9-7(10)8-6-4-2-1-3-5-6;5-1-2(12,3(6,7)8)4(9,10)11/h1-5,8H,(H,9,10);12H,1H2. The Labute approximate surface area is 165 Å². The van der Waals surface area contributed by atoms with Crippen molar-refractivity contribution in [1.82, 2.24) is 0 Å². The maximum absolute atomic E-state index is 10.1. The molecule has 0 fully saturated rings. The summed E-state index contributed by atoms with van der Waals surface area (Å²) in [5.41, 5.74) is -1.48. The predicted molar refractivity (Wildman–Crippen MR) is 97.4 cm³/mol. The van der Waals surface area contributed by atoms with Gasteiger partial charge in [-0.15, -0.1) is 0 Å². The van der Waals surface area contributed by atoms with Gasteiger partial charge in [-0.25, -0.2) is 4.79 Å². The summed E-state index contributed by atoms with van der Waals surface area (Å²) in [5, 5.41) is 20.0. The van der Waals surface area contributed by atoms with Crippen LogP contribution in [-0.2, 0) is 0 Å². The van der Waals surface area contributed by atoms with Gasteiger partial charge in [-0.3, -0.25) is 5.32 Å². The zero-order valence-electron chi connectivity index (χ0n) is 10.5. The van der Waals surface area contributed by atoms with Crippen LogP contribution in [-0.4, -0.2) is 34.8 Å². The number of carbonyl (C=O) groups is 1. The van der Waals surface area contributed by atoms with E-state index in [-0.39, 0.29) is 5.33 Å². The minimum absolute atomic E-state index is 0.174. The van der Waals surface area contributed by atoms with E-state index in [1.54, 1.807) is 24.3 Å². The average Bonchev–Trinajstić information content (AvgIpc) is 2.36. The van der Waals surface area contributed by atoms with Crippen LogP contribution in [0.25, 0.3) is 0 Å². The number of hydrogen-bond donors (Lipinski definition) is 3. The second-order valence-electron chi connectivity index (χ2n) is 3.79. The first kappa shape index (κ1) is 22.7. The van der Waals surface area contributed by atoms with Gasteiger partial charge in [0.05, 0.1) is 0 Å². The van der Waals surface area contributed by atoms with E-state index < -0.39 is 19.3 Å². The van der Waals surface area contributed by atoms with Gasteiger partial charge in [-0.2, -0.15) is 0 Å². The lowest BCUT2D eigenvalue weighted by atomic mass is 10.2. The number of rotatable bonds is 2. The highest BCUT2D eigenvalue weighted by Gasteiger charge is 2.59. The molecular weight excluding hydrogens is 487 g/mol. The van der Waals surface area contributed by atoms with E-state index in [2.05, 4.69) is 21.2 Å². The van der Waals surface area contributed by atoms with Crippen LogP contribution in [0.1, 0.15) is 0 Å². The second-order valence-corrected chi connectivity index (χ2v) is 8.91. The molecule has 0 unspecified atom stereocenters. The van der Waals surface area contributed by atoms with E-state index in [9.17, 15) is 9.90 Å². The molecule has 126 valence electrons. The number of carboxylic acid groups (broad SMARTS) is 1. The van der Waals surface area contributed by atoms with E-state index in [0.29, 0.717) is 5.69 Å². The normalized spacial score (nSPS) is 12.2. The molecule has 4 nitrogen and oxygen atoms in total. The number of hydrogen-bond acceptors (Lipinski definition) is 2. The largest absolute Gasteiger partial charge is 0.465 e. The Morgan fingerprint density at radius 3 is 1.68 bits per heavy atom. The lowest BCUT2D eigenvalue weighted by Gasteiger charge is -2.38. The number of amides is 1. The van der Waals surface area contributed by atoms with Crippen molar-refractivity contribution in [3.05, 3.63) is 30.3 Å². The van der Waals surface area contributed by atoms with Gasteiger partial charge < -0.3 is 10.2 Å². The highest BCUT2D eigenvalue weighted by atomic mass is 79.9. The van der Waals surface area contributed by atoms with Crippen LogP contribution in [0.2, 0.25) is 0 Å². The van der Waals surface area contributed by atoms with Gasteiger partial charge in [0.2, 0.25) is 7.59 Å². The van der Waals surface area contributed by atoms with E-state index >= 15 is 0 Å². The van der Waals surface area contributed by atoms with Gasteiger partial charge in [0, 0.05) is 11.0 Å². The second kappa shape index (κ2) is 9.23. The first-order valence-electron chi connectivity index (χ1n) is 5.32. The zero-order valence-corrected chi connectivity index (χ0v) is 16.7. The molecule has 3 N–H and O–H groups in total. The van der Waals surface area contributed by atoms with Gasteiger partial charge in [0.1, 0.15) is 0 Å². The van der Waals surface area contributed by atoms with E-state index in [1.807, 2.05) is 6.07 Å². The van der Waals surface area contributed by atoms with Crippen LogP contribution < -0.4 is 5.32 Å². The van der Waals surface area contributed by atoms with Crippen molar-refractivity contribution in [1.29, 1.82) is 0 Å². The van der Waals surface area contributed by atoms with E-state index in [0.717, 1.165) is 0 Å². The molecule has 0 saturated carbocycles. The summed E-state index contributed by atoms with van der Waals surface area (Å²) in [6.45, 7) is 0. The maximum Gasteiger partial charge on any atom is 0.409 e. The fourth-order valence-electron chi connectivity index (χ4n) is 0.957. The van der Waals surface area contributed by atoms with Crippen molar-refractivity contribution in [2.24, 2.45) is 0 Å². The predicted octanol–water partition coefficient (Wildman–Crippen LogP) is 5.63. The number of nitrogens with one attached hydrogen (secondary N) is 1. The van der Waals surface area contributed by atoms with Crippen molar-refractivity contribution >= 4 is 97.3 Å². The topological polar surface area (TPSA) is 69.6 Å². The molecule has 0 saturated heterocycles. The van der Waals surface area contributed by atoms with Gasteiger partial charge in [-0.1, -0.05) is 104 Å². The van der Waals surface area contributed by atoms with E-state index in [1.165, 1.54) is 0 Å². The average molecular weight is 497 g/mol. The SMILES string of the molecule is O=C(O)Nc1ccccc1.OC(CBr)(C(Cl)(Cl)Cl)C(Cl)(Cl)Cl. The Balaban J connectivity index is 0.000000406. The molecular formula is C11H10BrCl6NO3. The molecule has 0 radical (unpaired) electrons. The van der Waals surface area contributed by atoms with Crippen LogP contribution in [0.4, 0.5) is 10.5 Å². The smallest absolute Gasteiger partial charge is 0.409 e. The third kappa shape index (κ3) is 7.05. The Bertz CT molecular complexity index is 463. The lowest BCUT2D eigenvalue weighted by molar-refractivity contribution is 0.0745. The number of benzene rings is 1. The Morgan fingerprint density at radius 1 is 1.05 bits per heavy atom.